The maximum Gasteiger partial charge on any atom is 0.178 e. The van der Waals surface area contributed by atoms with Crippen molar-refractivity contribution in [2.24, 2.45) is 5.41 Å². The Balaban J connectivity index is 1.95. The molecule has 0 radical (unpaired) electrons. The van der Waals surface area contributed by atoms with Crippen LogP contribution in [-0.4, -0.2) is 36.1 Å². The number of anilines is 1. The van der Waals surface area contributed by atoms with Crippen LogP contribution in [0.2, 0.25) is 0 Å². The summed E-state index contributed by atoms with van der Waals surface area (Å²) >= 11 is 0. The van der Waals surface area contributed by atoms with E-state index < -0.39 is 11.0 Å². The van der Waals surface area contributed by atoms with E-state index in [9.17, 15) is 10.1 Å². The highest BCUT2D eigenvalue weighted by Gasteiger charge is 2.48. The van der Waals surface area contributed by atoms with Crippen molar-refractivity contribution in [3.63, 3.8) is 0 Å². The number of nitrogens with zero attached hydrogens (tertiary/aromatic N) is 3. The summed E-state index contributed by atoms with van der Waals surface area (Å²) in [5.41, 5.74) is 1.19. The molecule has 1 atom stereocenters. The largest absolute Gasteiger partial charge is 0.367 e. The van der Waals surface area contributed by atoms with Gasteiger partial charge >= 0.3 is 0 Å². The SMILES string of the molecule is Cc1cncc(N2CCOC3(C=C(C#N)C(=O)C(C)(C)C3)C2)c1. The minimum absolute atomic E-state index is 0.0939. The molecule has 1 aromatic rings. The first-order chi connectivity index (χ1) is 10.9. The van der Waals surface area contributed by atoms with Gasteiger partial charge in [0.1, 0.15) is 11.7 Å². The van der Waals surface area contributed by atoms with Gasteiger partial charge in [-0.1, -0.05) is 13.8 Å². The molecular formula is C18H21N3O2. The van der Waals surface area contributed by atoms with Gasteiger partial charge in [0.25, 0.3) is 0 Å². The Morgan fingerprint density at radius 2 is 2.17 bits per heavy atom. The first kappa shape index (κ1) is 15.7. The van der Waals surface area contributed by atoms with E-state index in [0.29, 0.717) is 19.6 Å². The number of allylic oxidation sites excluding steroid dienone is 1. The Hall–Kier alpha value is -2.19. The second-order valence-corrected chi connectivity index (χ2v) is 7.11. The van der Waals surface area contributed by atoms with E-state index in [1.54, 1.807) is 6.08 Å². The predicted octanol–water partition coefficient (Wildman–Crippen LogP) is 2.41. The van der Waals surface area contributed by atoms with Crippen molar-refractivity contribution < 1.29 is 9.53 Å². The van der Waals surface area contributed by atoms with Crippen LogP contribution in [0, 0.1) is 23.7 Å². The van der Waals surface area contributed by atoms with Crippen LogP contribution in [0.25, 0.3) is 0 Å². The summed E-state index contributed by atoms with van der Waals surface area (Å²) in [6.45, 7) is 7.75. The molecule has 5 nitrogen and oxygen atoms in total. The van der Waals surface area contributed by atoms with Crippen LogP contribution in [0.5, 0.6) is 0 Å². The van der Waals surface area contributed by atoms with Crippen LogP contribution in [-0.2, 0) is 9.53 Å². The summed E-state index contributed by atoms with van der Waals surface area (Å²) in [5, 5.41) is 9.31. The molecule has 1 unspecified atom stereocenters. The Labute approximate surface area is 136 Å². The average molecular weight is 311 g/mol. The summed E-state index contributed by atoms with van der Waals surface area (Å²) in [6.07, 6.45) is 5.99. The smallest absolute Gasteiger partial charge is 0.178 e. The van der Waals surface area contributed by atoms with Gasteiger partial charge in [-0.3, -0.25) is 9.78 Å². The van der Waals surface area contributed by atoms with E-state index in [-0.39, 0.29) is 11.4 Å². The van der Waals surface area contributed by atoms with E-state index in [1.165, 1.54) is 0 Å². The molecule has 1 aliphatic heterocycles. The van der Waals surface area contributed by atoms with E-state index in [2.05, 4.69) is 16.0 Å². The molecule has 0 amide bonds. The molecule has 1 spiro atoms. The lowest BCUT2D eigenvalue weighted by molar-refractivity contribution is -0.130. The normalized spacial score (nSPS) is 26.8. The van der Waals surface area contributed by atoms with Gasteiger partial charge in [0.05, 0.1) is 30.6 Å². The molecule has 120 valence electrons. The van der Waals surface area contributed by atoms with Crippen molar-refractivity contribution in [1.29, 1.82) is 5.26 Å². The predicted molar refractivity (Wildman–Crippen MR) is 87.0 cm³/mol. The Bertz CT molecular complexity index is 717. The molecule has 0 bridgehead atoms. The zero-order valence-corrected chi connectivity index (χ0v) is 13.8. The summed E-state index contributed by atoms with van der Waals surface area (Å²) in [4.78, 5) is 18.8. The van der Waals surface area contributed by atoms with Crippen molar-refractivity contribution in [1.82, 2.24) is 4.98 Å². The number of rotatable bonds is 1. The lowest BCUT2D eigenvalue weighted by atomic mass is 9.69. The van der Waals surface area contributed by atoms with Crippen molar-refractivity contribution in [2.75, 3.05) is 24.6 Å². The number of hydrogen-bond donors (Lipinski definition) is 0. The zero-order chi connectivity index (χ0) is 16.7. The van der Waals surface area contributed by atoms with Crippen molar-refractivity contribution in [3.05, 3.63) is 35.7 Å². The molecule has 0 aromatic carbocycles. The fraction of sp³-hybridized carbons (Fsp3) is 0.500. The Morgan fingerprint density at radius 3 is 2.87 bits per heavy atom. The standard InChI is InChI=1S/C18H21N3O2/c1-13-6-15(10-20-9-13)21-4-5-23-18(12-21)7-14(8-19)16(22)17(2,3)11-18/h6-7,9-10H,4-5,11-12H2,1-3H3. The highest BCUT2D eigenvalue weighted by Crippen LogP contribution is 2.41. The average Bonchev–Trinajstić information content (AvgIpc) is 2.51. The van der Waals surface area contributed by atoms with Gasteiger partial charge in [0, 0.05) is 18.2 Å². The van der Waals surface area contributed by atoms with E-state index in [4.69, 9.17) is 4.74 Å². The molecule has 5 heteroatoms. The highest BCUT2D eigenvalue weighted by molar-refractivity contribution is 6.04. The summed E-state index contributed by atoms with van der Waals surface area (Å²) in [5.74, 6) is -0.0939. The Morgan fingerprint density at radius 1 is 1.39 bits per heavy atom. The van der Waals surface area contributed by atoms with Crippen molar-refractivity contribution in [3.8, 4) is 6.07 Å². The van der Waals surface area contributed by atoms with Crippen LogP contribution in [0.15, 0.2) is 30.1 Å². The zero-order valence-electron chi connectivity index (χ0n) is 13.8. The number of pyridine rings is 1. The third-order valence-corrected chi connectivity index (χ3v) is 4.56. The first-order valence-corrected chi connectivity index (χ1v) is 7.84. The van der Waals surface area contributed by atoms with Crippen LogP contribution < -0.4 is 4.90 Å². The first-order valence-electron chi connectivity index (χ1n) is 7.84. The van der Waals surface area contributed by atoms with Gasteiger partial charge in [-0.2, -0.15) is 5.26 Å². The molecule has 2 heterocycles. The number of carbonyl (C=O) groups excluding carboxylic acids is 1. The summed E-state index contributed by atoms with van der Waals surface area (Å²) in [7, 11) is 0. The maximum absolute atomic E-state index is 12.3. The number of ether oxygens (including phenoxy) is 1. The number of carbonyl (C=O) groups is 1. The van der Waals surface area contributed by atoms with Crippen LogP contribution in [0.3, 0.4) is 0 Å². The minimum Gasteiger partial charge on any atom is -0.367 e. The quantitative estimate of drug-likeness (QED) is 0.797. The maximum atomic E-state index is 12.3. The topological polar surface area (TPSA) is 66.2 Å². The number of nitriles is 1. The van der Waals surface area contributed by atoms with Gasteiger partial charge in [-0.05, 0) is 31.1 Å². The van der Waals surface area contributed by atoms with Gasteiger partial charge in [0.15, 0.2) is 5.78 Å². The molecule has 1 saturated heterocycles. The fourth-order valence-electron chi connectivity index (χ4n) is 3.59. The van der Waals surface area contributed by atoms with Crippen molar-refractivity contribution >= 4 is 11.5 Å². The van der Waals surface area contributed by atoms with E-state index in [1.807, 2.05) is 39.2 Å². The molecular weight excluding hydrogens is 290 g/mol. The monoisotopic (exact) mass is 311 g/mol. The number of hydrogen-bond acceptors (Lipinski definition) is 5. The van der Waals surface area contributed by atoms with E-state index >= 15 is 0 Å². The molecule has 2 aliphatic rings. The van der Waals surface area contributed by atoms with Crippen LogP contribution >= 0.6 is 0 Å². The van der Waals surface area contributed by atoms with Gasteiger partial charge in [-0.15, -0.1) is 0 Å². The molecule has 3 rings (SSSR count). The molecule has 23 heavy (non-hydrogen) atoms. The summed E-state index contributed by atoms with van der Waals surface area (Å²) in [6, 6.07) is 4.14. The van der Waals surface area contributed by atoms with Gasteiger partial charge in [-0.25, -0.2) is 0 Å². The minimum atomic E-state index is -0.593. The molecule has 1 aliphatic carbocycles. The second kappa shape index (κ2) is 5.47. The number of aromatic nitrogens is 1. The lowest BCUT2D eigenvalue weighted by Gasteiger charge is -2.47. The summed E-state index contributed by atoms with van der Waals surface area (Å²) < 4.78 is 6.06. The number of aryl methyl sites for hydroxylation is 1. The van der Waals surface area contributed by atoms with E-state index in [0.717, 1.165) is 17.8 Å². The highest BCUT2D eigenvalue weighted by atomic mass is 16.5. The third kappa shape index (κ3) is 2.87. The second-order valence-electron chi connectivity index (χ2n) is 7.11. The Kier molecular flexibility index (Phi) is 3.73. The number of Topliss-reactive ketones (excluding diaryl/α,β-unsaturated/α-hetero) is 1. The number of morpholine rings is 1. The lowest BCUT2D eigenvalue weighted by Crippen LogP contribution is -2.55. The van der Waals surface area contributed by atoms with Gasteiger partial charge < -0.3 is 9.64 Å². The van der Waals surface area contributed by atoms with Gasteiger partial charge in [0.2, 0.25) is 0 Å². The number of ketones is 1. The molecule has 0 N–H and O–H groups in total. The third-order valence-electron chi connectivity index (χ3n) is 4.56. The molecule has 1 fully saturated rings. The fourth-order valence-corrected chi connectivity index (χ4v) is 3.59. The van der Waals surface area contributed by atoms with Crippen LogP contribution in [0.4, 0.5) is 5.69 Å². The van der Waals surface area contributed by atoms with Crippen LogP contribution in [0.1, 0.15) is 25.8 Å². The molecule has 1 aromatic heterocycles. The molecule has 0 saturated carbocycles. The van der Waals surface area contributed by atoms with Crippen molar-refractivity contribution in [2.45, 2.75) is 32.8 Å².